The normalized spacial score (nSPS) is 12.1. The zero-order chi connectivity index (χ0) is 19.0. The van der Waals surface area contributed by atoms with E-state index < -0.39 is 0 Å². The maximum atomic E-state index is 5.71. The molecule has 0 radical (unpaired) electrons. The lowest BCUT2D eigenvalue weighted by molar-refractivity contribution is 0.414. The van der Waals surface area contributed by atoms with E-state index in [9.17, 15) is 0 Å². The second-order valence-corrected chi connectivity index (χ2v) is 7.45. The van der Waals surface area contributed by atoms with E-state index in [2.05, 4.69) is 53.2 Å². The number of methoxy groups -OCH3 is 1. The fourth-order valence-electron chi connectivity index (χ4n) is 3.53. The summed E-state index contributed by atoms with van der Waals surface area (Å²) in [5.74, 6) is 0.858. The van der Waals surface area contributed by atoms with E-state index in [1.807, 2.05) is 6.07 Å². The minimum Gasteiger partial charge on any atom is -0.497 e. The summed E-state index contributed by atoms with van der Waals surface area (Å²) in [6.45, 7) is 7.45. The van der Waals surface area contributed by atoms with Gasteiger partial charge in [0.1, 0.15) is 11.4 Å². The highest BCUT2D eigenvalue weighted by atomic mass is 32.2. The number of hydrogen-bond acceptors (Lipinski definition) is 6. The SMILES string of the molecule is CCN(CC)n1nc2c3c(c(NCCN)ccc31)Sc1cc(OC)ccc1-2. The molecule has 0 saturated carbocycles. The summed E-state index contributed by atoms with van der Waals surface area (Å²) < 4.78 is 5.44. The first kappa shape index (κ1) is 18.0. The van der Waals surface area contributed by atoms with E-state index >= 15 is 0 Å². The molecular formula is C20H25N5OS. The summed E-state index contributed by atoms with van der Waals surface area (Å²) in [6.07, 6.45) is 0. The number of aromatic nitrogens is 2. The molecule has 2 heterocycles. The first-order valence-electron chi connectivity index (χ1n) is 9.33. The number of hydrogen-bond donors (Lipinski definition) is 2. The van der Waals surface area contributed by atoms with Gasteiger partial charge in [0, 0.05) is 52.6 Å². The maximum Gasteiger partial charge on any atom is 0.120 e. The lowest BCUT2D eigenvalue weighted by atomic mass is 10.1. The molecule has 6 nitrogen and oxygen atoms in total. The number of anilines is 1. The van der Waals surface area contributed by atoms with Crippen LogP contribution < -0.4 is 20.8 Å². The Kier molecular flexibility index (Phi) is 4.88. The largest absolute Gasteiger partial charge is 0.497 e. The van der Waals surface area contributed by atoms with Crippen molar-refractivity contribution in [2.75, 3.05) is 43.6 Å². The highest BCUT2D eigenvalue weighted by molar-refractivity contribution is 8.00. The Balaban J connectivity index is 1.97. The fourth-order valence-corrected chi connectivity index (χ4v) is 4.76. The lowest BCUT2D eigenvalue weighted by Crippen LogP contribution is -2.34. The van der Waals surface area contributed by atoms with Crippen molar-refractivity contribution in [3.05, 3.63) is 30.3 Å². The van der Waals surface area contributed by atoms with E-state index in [1.165, 1.54) is 10.3 Å². The smallest absolute Gasteiger partial charge is 0.120 e. The van der Waals surface area contributed by atoms with Crippen LogP contribution in [0, 0.1) is 0 Å². The second kappa shape index (κ2) is 7.32. The van der Waals surface area contributed by atoms with Gasteiger partial charge in [-0.1, -0.05) is 11.8 Å². The molecule has 3 N–H and O–H groups in total. The van der Waals surface area contributed by atoms with Gasteiger partial charge >= 0.3 is 0 Å². The Hall–Kier alpha value is -2.38. The lowest BCUT2D eigenvalue weighted by Gasteiger charge is -2.22. The van der Waals surface area contributed by atoms with Crippen LogP contribution in [-0.2, 0) is 0 Å². The Labute approximate surface area is 163 Å². The number of rotatable bonds is 7. The molecule has 0 atom stereocenters. The van der Waals surface area contributed by atoms with Crippen molar-refractivity contribution in [3.8, 4) is 17.0 Å². The Bertz CT molecular complexity index is 980. The highest BCUT2D eigenvalue weighted by Gasteiger charge is 2.27. The monoisotopic (exact) mass is 383 g/mol. The summed E-state index contributed by atoms with van der Waals surface area (Å²) in [7, 11) is 1.70. The second-order valence-electron chi connectivity index (χ2n) is 6.39. The molecule has 1 aliphatic rings. The third-order valence-electron chi connectivity index (χ3n) is 4.90. The molecule has 0 fully saturated rings. The van der Waals surface area contributed by atoms with Gasteiger partial charge in [-0.15, -0.1) is 0 Å². The average Bonchev–Trinajstić information content (AvgIpc) is 3.08. The summed E-state index contributed by atoms with van der Waals surface area (Å²) >= 11 is 1.77. The van der Waals surface area contributed by atoms with Crippen LogP contribution in [0.4, 0.5) is 5.69 Å². The van der Waals surface area contributed by atoms with Gasteiger partial charge in [-0.25, -0.2) is 0 Å². The Morgan fingerprint density at radius 3 is 2.74 bits per heavy atom. The van der Waals surface area contributed by atoms with Gasteiger partial charge in [-0.05, 0) is 44.2 Å². The molecule has 0 amide bonds. The van der Waals surface area contributed by atoms with E-state index in [0.29, 0.717) is 6.54 Å². The van der Waals surface area contributed by atoms with Gasteiger partial charge in [0.05, 0.1) is 12.6 Å². The molecule has 3 aromatic rings. The number of benzene rings is 2. The Morgan fingerprint density at radius 1 is 1.22 bits per heavy atom. The molecule has 7 heteroatoms. The zero-order valence-electron chi connectivity index (χ0n) is 16.0. The van der Waals surface area contributed by atoms with E-state index in [1.54, 1.807) is 18.9 Å². The molecule has 27 heavy (non-hydrogen) atoms. The highest BCUT2D eigenvalue weighted by Crippen LogP contribution is 2.51. The van der Waals surface area contributed by atoms with Gasteiger partial charge in [-0.3, -0.25) is 5.01 Å². The molecule has 0 aliphatic carbocycles. The molecule has 0 saturated heterocycles. The van der Waals surface area contributed by atoms with Crippen molar-refractivity contribution < 1.29 is 4.74 Å². The van der Waals surface area contributed by atoms with Gasteiger partial charge in [0.25, 0.3) is 0 Å². The third-order valence-corrected chi connectivity index (χ3v) is 6.08. The van der Waals surface area contributed by atoms with E-state index in [4.69, 9.17) is 15.6 Å². The molecular weight excluding hydrogens is 358 g/mol. The van der Waals surface area contributed by atoms with Gasteiger partial charge in [0.2, 0.25) is 0 Å². The van der Waals surface area contributed by atoms with Crippen molar-refractivity contribution in [2.45, 2.75) is 23.6 Å². The van der Waals surface area contributed by atoms with Crippen LogP contribution in [0.3, 0.4) is 0 Å². The summed E-state index contributed by atoms with van der Waals surface area (Å²) in [6, 6.07) is 10.5. The molecule has 1 aliphatic heterocycles. The summed E-state index contributed by atoms with van der Waals surface area (Å²) in [5.41, 5.74) is 10.1. The number of ether oxygens (including phenoxy) is 1. The zero-order valence-corrected chi connectivity index (χ0v) is 16.8. The van der Waals surface area contributed by atoms with Gasteiger partial charge in [-0.2, -0.15) is 9.89 Å². The quantitative estimate of drug-likeness (QED) is 0.509. The fraction of sp³-hybridized carbons (Fsp3) is 0.350. The van der Waals surface area contributed by atoms with Crippen LogP contribution in [-0.4, -0.2) is 43.2 Å². The first-order valence-corrected chi connectivity index (χ1v) is 10.1. The standard InChI is InChI=1S/C20H25N5OS/c1-4-24(5-2)25-16-9-8-15(22-11-10-21)20-18(16)19(23-25)14-7-6-13(26-3)12-17(14)27-20/h6-9,12,22H,4-5,10-11,21H2,1-3H3. The summed E-state index contributed by atoms with van der Waals surface area (Å²) in [4.78, 5) is 4.42. The van der Waals surface area contributed by atoms with Crippen molar-refractivity contribution in [3.63, 3.8) is 0 Å². The first-order chi connectivity index (χ1) is 13.2. The molecule has 0 bridgehead atoms. The van der Waals surface area contributed by atoms with E-state index in [0.717, 1.165) is 52.7 Å². The van der Waals surface area contributed by atoms with Crippen molar-refractivity contribution >= 4 is 28.4 Å². The van der Waals surface area contributed by atoms with Crippen molar-refractivity contribution in [2.24, 2.45) is 5.73 Å². The van der Waals surface area contributed by atoms with Crippen LogP contribution in [0.1, 0.15) is 13.8 Å². The average molecular weight is 384 g/mol. The van der Waals surface area contributed by atoms with Crippen molar-refractivity contribution in [1.82, 2.24) is 9.89 Å². The predicted molar refractivity (Wildman–Crippen MR) is 113 cm³/mol. The predicted octanol–water partition coefficient (Wildman–Crippen LogP) is 3.52. The number of nitrogens with two attached hydrogens (primary N) is 1. The minimum absolute atomic E-state index is 0.595. The molecule has 0 unspecified atom stereocenters. The van der Waals surface area contributed by atoms with E-state index in [-0.39, 0.29) is 0 Å². The van der Waals surface area contributed by atoms with Crippen LogP contribution >= 0.6 is 11.8 Å². The van der Waals surface area contributed by atoms with Crippen LogP contribution in [0.25, 0.3) is 22.2 Å². The number of nitrogens with zero attached hydrogens (tertiary/aromatic N) is 3. The van der Waals surface area contributed by atoms with Crippen molar-refractivity contribution in [1.29, 1.82) is 0 Å². The van der Waals surface area contributed by atoms with Crippen LogP contribution in [0.15, 0.2) is 40.1 Å². The maximum absolute atomic E-state index is 5.71. The molecule has 1 aromatic heterocycles. The van der Waals surface area contributed by atoms with Gasteiger partial charge in [0.15, 0.2) is 0 Å². The number of nitrogens with one attached hydrogen (secondary N) is 1. The molecule has 2 aromatic carbocycles. The number of fused-ring (bicyclic) bond motifs is 2. The summed E-state index contributed by atoms with van der Waals surface area (Å²) in [5, 5.41) is 11.9. The van der Waals surface area contributed by atoms with Gasteiger partial charge < -0.3 is 15.8 Å². The molecule has 4 rings (SSSR count). The third kappa shape index (κ3) is 2.91. The molecule has 142 valence electrons. The Morgan fingerprint density at radius 2 is 2.04 bits per heavy atom. The van der Waals surface area contributed by atoms with Crippen LogP contribution in [0.5, 0.6) is 5.75 Å². The minimum atomic E-state index is 0.595. The topological polar surface area (TPSA) is 68.3 Å². The molecule has 0 spiro atoms. The van der Waals surface area contributed by atoms with Crippen LogP contribution in [0.2, 0.25) is 0 Å².